The van der Waals surface area contributed by atoms with Gasteiger partial charge in [-0.3, -0.25) is 10.1 Å². The van der Waals surface area contributed by atoms with Crippen molar-refractivity contribution in [1.29, 1.82) is 5.26 Å². The Balaban J connectivity index is 1.81. The number of aliphatic hydroxyl groups is 1. The van der Waals surface area contributed by atoms with E-state index in [4.69, 9.17) is 5.26 Å². The van der Waals surface area contributed by atoms with Crippen molar-refractivity contribution in [1.82, 2.24) is 9.55 Å². The van der Waals surface area contributed by atoms with Crippen LogP contribution in [0.3, 0.4) is 0 Å². The van der Waals surface area contributed by atoms with E-state index in [1.165, 1.54) is 6.07 Å². The van der Waals surface area contributed by atoms with Crippen LogP contribution in [-0.2, 0) is 7.05 Å². The van der Waals surface area contributed by atoms with Crippen molar-refractivity contribution in [3.05, 3.63) is 52.1 Å². The maximum atomic E-state index is 11.0. The Morgan fingerprint density at radius 3 is 2.96 bits per heavy atom. The fourth-order valence-electron chi connectivity index (χ4n) is 3.34. The number of hydrogen-bond donors (Lipinski definition) is 1. The number of nitro groups is 1. The molecule has 130 valence electrons. The monoisotopic (exact) mass is 341 g/mol. The fraction of sp³-hybridized carbons (Fsp3) is 0.412. The summed E-state index contributed by atoms with van der Waals surface area (Å²) in [7, 11) is 1.85. The SMILES string of the molecule is Cn1ccnc1[C@H](O)[C@H]1CCCN(c2ccc([N+](=O)[O-])c(C#N)c2)C1. The van der Waals surface area contributed by atoms with E-state index in [0.29, 0.717) is 12.4 Å². The van der Waals surface area contributed by atoms with Crippen molar-refractivity contribution in [3.8, 4) is 6.07 Å². The van der Waals surface area contributed by atoms with Crippen molar-refractivity contribution in [3.63, 3.8) is 0 Å². The summed E-state index contributed by atoms with van der Waals surface area (Å²) >= 11 is 0. The lowest BCUT2D eigenvalue weighted by Gasteiger charge is -2.36. The van der Waals surface area contributed by atoms with E-state index in [1.807, 2.05) is 17.7 Å². The molecule has 1 N–H and O–H groups in total. The van der Waals surface area contributed by atoms with E-state index < -0.39 is 11.0 Å². The molecule has 2 heterocycles. The lowest BCUT2D eigenvalue weighted by molar-refractivity contribution is -0.385. The van der Waals surface area contributed by atoms with Crippen LogP contribution in [0, 0.1) is 27.4 Å². The minimum atomic E-state index is -0.670. The molecule has 3 rings (SSSR count). The molecule has 8 heteroatoms. The summed E-state index contributed by atoms with van der Waals surface area (Å²) < 4.78 is 1.81. The van der Waals surface area contributed by atoms with E-state index in [-0.39, 0.29) is 17.2 Å². The van der Waals surface area contributed by atoms with Crippen LogP contribution in [0.25, 0.3) is 0 Å². The molecule has 0 unspecified atom stereocenters. The number of nitrogens with zero attached hydrogens (tertiary/aromatic N) is 5. The first-order chi connectivity index (χ1) is 12.0. The summed E-state index contributed by atoms with van der Waals surface area (Å²) in [5, 5.41) is 30.8. The molecule has 0 saturated carbocycles. The van der Waals surface area contributed by atoms with Gasteiger partial charge in [0.15, 0.2) is 0 Å². The zero-order valence-electron chi connectivity index (χ0n) is 13.9. The van der Waals surface area contributed by atoms with Crippen LogP contribution in [0.15, 0.2) is 30.6 Å². The minimum absolute atomic E-state index is 0.00979. The Kier molecular flexibility index (Phi) is 4.67. The van der Waals surface area contributed by atoms with Gasteiger partial charge in [0.1, 0.15) is 23.6 Å². The van der Waals surface area contributed by atoms with Gasteiger partial charge in [-0.05, 0) is 25.0 Å². The number of piperidine rings is 1. The van der Waals surface area contributed by atoms with Crippen LogP contribution in [0.5, 0.6) is 0 Å². The maximum absolute atomic E-state index is 11.0. The van der Waals surface area contributed by atoms with Gasteiger partial charge in [0.05, 0.1) is 4.92 Å². The molecule has 1 aromatic heterocycles. The van der Waals surface area contributed by atoms with Crippen molar-refractivity contribution in [2.45, 2.75) is 18.9 Å². The van der Waals surface area contributed by atoms with E-state index >= 15 is 0 Å². The summed E-state index contributed by atoms with van der Waals surface area (Å²) in [6, 6.07) is 6.47. The second-order valence-electron chi connectivity index (χ2n) is 6.26. The molecule has 0 amide bonds. The Morgan fingerprint density at radius 2 is 2.32 bits per heavy atom. The summed E-state index contributed by atoms with van der Waals surface area (Å²) in [5.41, 5.74) is 0.626. The first-order valence-corrected chi connectivity index (χ1v) is 8.10. The largest absolute Gasteiger partial charge is 0.385 e. The highest BCUT2D eigenvalue weighted by atomic mass is 16.6. The van der Waals surface area contributed by atoms with E-state index in [0.717, 1.165) is 25.1 Å². The predicted octanol–water partition coefficient (Wildman–Crippen LogP) is 2.15. The highest BCUT2D eigenvalue weighted by Gasteiger charge is 2.29. The summed E-state index contributed by atoms with van der Waals surface area (Å²) in [5.74, 6) is 0.642. The Hall–Kier alpha value is -2.92. The van der Waals surface area contributed by atoms with Crippen LogP contribution < -0.4 is 4.90 Å². The van der Waals surface area contributed by atoms with Gasteiger partial charge in [0, 0.05) is 50.2 Å². The summed E-state index contributed by atoms with van der Waals surface area (Å²) in [6.45, 7) is 1.39. The molecule has 8 nitrogen and oxygen atoms in total. The number of anilines is 1. The van der Waals surface area contributed by atoms with Crippen LogP contribution in [-0.4, -0.2) is 32.7 Å². The van der Waals surface area contributed by atoms with Crippen molar-refractivity contribution < 1.29 is 10.0 Å². The van der Waals surface area contributed by atoms with Crippen molar-refractivity contribution in [2.24, 2.45) is 13.0 Å². The van der Waals surface area contributed by atoms with Crippen LogP contribution in [0.1, 0.15) is 30.3 Å². The number of hydrogen-bond acceptors (Lipinski definition) is 6. The molecule has 0 bridgehead atoms. The van der Waals surface area contributed by atoms with Gasteiger partial charge in [0.25, 0.3) is 5.69 Å². The number of nitriles is 1. The quantitative estimate of drug-likeness (QED) is 0.674. The highest BCUT2D eigenvalue weighted by Crippen LogP contribution is 2.32. The minimum Gasteiger partial charge on any atom is -0.385 e. The fourth-order valence-corrected chi connectivity index (χ4v) is 3.34. The maximum Gasteiger partial charge on any atom is 0.287 e. The third-order valence-electron chi connectivity index (χ3n) is 4.69. The van der Waals surface area contributed by atoms with Gasteiger partial charge in [-0.1, -0.05) is 0 Å². The van der Waals surface area contributed by atoms with Crippen molar-refractivity contribution in [2.75, 3.05) is 18.0 Å². The number of aromatic nitrogens is 2. The second-order valence-corrected chi connectivity index (χ2v) is 6.26. The molecule has 0 aliphatic carbocycles. The molecule has 1 aromatic carbocycles. The standard InChI is InChI=1S/C17H19N5O3/c1-20-8-6-19-17(20)16(23)12-3-2-7-21(11-12)14-4-5-15(22(24)25)13(9-14)10-18/h4-6,8-9,12,16,23H,2-3,7,11H2,1H3/t12-,16+/m0/s1. The lowest BCUT2D eigenvalue weighted by atomic mass is 9.91. The van der Waals surface area contributed by atoms with Crippen LogP contribution >= 0.6 is 0 Å². The molecular weight excluding hydrogens is 322 g/mol. The molecule has 0 spiro atoms. The normalized spacial score (nSPS) is 18.6. The average Bonchev–Trinajstić information content (AvgIpc) is 3.06. The number of benzene rings is 1. The first kappa shape index (κ1) is 16.9. The Morgan fingerprint density at radius 1 is 1.52 bits per heavy atom. The second kappa shape index (κ2) is 6.91. The average molecular weight is 341 g/mol. The number of aliphatic hydroxyl groups excluding tert-OH is 1. The third kappa shape index (κ3) is 3.32. The van der Waals surface area contributed by atoms with Gasteiger partial charge in [-0.15, -0.1) is 0 Å². The molecular formula is C17H19N5O3. The zero-order chi connectivity index (χ0) is 18.0. The summed E-state index contributed by atoms with van der Waals surface area (Å²) in [4.78, 5) is 16.7. The molecule has 1 saturated heterocycles. The topological polar surface area (TPSA) is 108 Å². The molecule has 2 aromatic rings. The molecule has 1 aliphatic rings. The number of nitro benzene ring substituents is 1. The molecule has 25 heavy (non-hydrogen) atoms. The number of aryl methyl sites for hydroxylation is 1. The number of imidazole rings is 1. The van der Waals surface area contributed by atoms with Gasteiger partial charge in [-0.2, -0.15) is 5.26 Å². The Labute approximate surface area is 145 Å². The highest BCUT2D eigenvalue weighted by molar-refractivity contribution is 5.60. The molecule has 0 radical (unpaired) electrons. The van der Waals surface area contributed by atoms with E-state index in [1.54, 1.807) is 24.5 Å². The molecule has 1 aliphatic heterocycles. The van der Waals surface area contributed by atoms with Crippen molar-refractivity contribution >= 4 is 11.4 Å². The Bertz CT molecular complexity index is 826. The summed E-state index contributed by atoms with van der Waals surface area (Å²) in [6.07, 6.45) is 4.56. The lowest BCUT2D eigenvalue weighted by Crippen LogP contribution is -2.38. The van der Waals surface area contributed by atoms with E-state index in [2.05, 4.69) is 9.88 Å². The van der Waals surface area contributed by atoms with Gasteiger partial charge >= 0.3 is 0 Å². The third-order valence-corrected chi connectivity index (χ3v) is 4.69. The van der Waals surface area contributed by atoms with Gasteiger partial charge < -0.3 is 14.6 Å². The van der Waals surface area contributed by atoms with E-state index in [9.17, 15) is 15.2 Å². The smallest absolute Gasteiger partial charge is 0.287 e. The number of rotatable bonds is 4. The molecule has 2 atom stereocenters. The predicted molar refractivity (Wildman–Crippen MR) is 90.9 cm³/mol. The van der Waals surface area contributed by atoms with Crippen LogP contribution in [0.4, 0.5) is 11.4 Å². The zero-order valence-corrected chi connectivity index (χ0v) is 13.9. The van der Waals surface area contributed by atoms with Gasteiger partial charge in [-0.25, -0.2) is 4.98 Å². The molecule has 1 fully saturated rings. The van der Waals surface area contributed by atoms with Crippen LogP contribution in [0.2, 0.25) is 0 Å². The first-order valence-electron chi connectivity index (χ1n) is 8.10. The van der Waals surface area contributed by atoms with Gasteiger partial charge in [0.2, 0.25) is 0 Å².